The van der Waals surface area contributed by atoms with Gasteiger partial charge in [-0.25, -0.2) is 8.78 Å². The molecule has 0 fully saturated rings. The summed E-state index contributed by atoms with van der Waals surface area (Å²) in [7, 11) is 0. The number of amidine groups is 1. The number of rotatable bonds is 5. The van der Waals surface area contributed by atoms with E-state index in [1.807, 2.05) is 0 Å². The molecule has 2 aromatic rings. The lowest BCUT2D eigenvalue weighted by Crippen LogP contribution is -2.21. The van der Waals surface area contributed by atoms with Crippen molar-refractivity contribution in [2.75, 3.05) is 0 Å². The lowest BCUT2D eigenvalue weighted by Gasteiger charge is -2.09. The van der Waals surface area contributed by atoms with E-state index in [2.05, 4.69) is 15.5 Å². The maximum Gasteiger partial charge on any atom is 0.189 e. The van der Waals surface area contributed by atoms with E-state index in [1.54, 1.807) is 12.1 Å². The van der Waals surface area contributed by atoms with Crippen LogP contribution >= 0.6 is 0 Å². The van der Waals surface area contributed by atoms with Gasteiger partial charge in [0.15, 0.2) is 5.84 Å². The van der Waals surface area contributed by atoms with E-state index in [4.69, 9.17) is 10.9 Å². The molecule has 1 aromatic heterocycles. The largest absolute Gasteiger partial charge is 0.409 e. The predicted molar refractivity (Wildman–Crippen MR) is 73.6 cm³/mol. The molecule has 0 amide bonds. The van der Waals surface area contributed by atoms with Crippen LogP contribution in [0.3, 0.4) is 0 Å². The maximum absolute atomic E-state index is 13.5. The van der Waals surface area contributed by atoms with Crippen molar-refractivity contribution in [1.29, 1.82) is 0 Å². The summed E-state index contributed by atoms with van der Waals surface area (Å²) in [6, 6.07) is 6.73. The molecule has 110 valence electrons. The molecule has 0 aliphatic carbocycles. The van der Waals surface area contributed by atoms with E-state index in [1.165, 1.54) is 6.20 Å². The number of nitrogens with two attached hydrogens (primary N) is 1. The summed E-state index contributed by atoms with van der Waals surface area (Å²) in [6.45, 7) is 0.462. The van der Waals surface area contributed by atoms with Crippen LogP contribution in [0.25, 0.3) is 0 Å². The van der Waals surface area contributed by atoms with Gasteiger partial charge in [0.1, 0.15) is 17.3 Å². The second-order valence-electron chi connectivity index (χ2n) is 4.34. The molecule has 7 heteroatoms. The molecule has 2 rings (SSSR count). The number of halogens is 2. The Kier molecular flexibility index (Phi) is 4.78. The van der Waals surface area contributed by atoms with Crippen LogP contribution in [0.5, 0.6) is 0 Å². The Bertz CT molecular complexity index is 661. The summed E-state index contributed by atoms with van der Waals surface area (Å²) >= 11 is 0. The summed E-state index contributed by atoms with van der Waals surface area (Å²) in [4.78, 5) is 4.02. The highest BCUT2D eigenvalue weighted by Gasteiger charge is 2.08. The first-order valence-corrected chi connectivity index (χ1v) is 6.18. The lowest BCUT2D eigenvalue weighted by atomic mass is 10.1. The van der Waals surface area contributed by atoms with Gasteiger partial charge in [-0.3, -0.25) is 4.98 Å². The van der Waals surface area contributed by atoms with Gasteiger partial charge in [0, 0.05) is 24.8 Å². The zero-order chi connectivity index (χ0) is 15.2. The Morgan fingerprint density at radius 1 is 1.24 bits per heavy atom. The number of pyridine rings is 1. The minimum Gasteiger partial charge on any atom is -0.409 e. The first kappa shape index (κ1) is 14.9. The van der Waals surface area contributed by atoms with Crippen molar-refractivity contribution in [3.8, 4) is 0 Å². The highest BCUT2D eigenvalue weighted by atomic mass is 19.1. The average Bonchev–Trinajstić information content (AvgIpc) is 2.50. The van der Waals surface area contributed by atoms with Gasteiger partial charge < -0.3 is 16.3 Å². The Morgan fingerprint density at radius 3 is 2.76 bits per heavy atom. The number of nitrogens with one attached hydrogen (secondary N) is 1. The Hall–Kier alpha value is -2.54. The Balaban J connectivity index is 2.06. The molecule has 4 N–H and O–H groups in total. The van der Waals surface area contributed by atoms with E-state index in [9.17, 15) is 8.78 Å². The summed E-state index contributed by atoms with van der Waals surface area (Å²) in [5.74, 6) is -1.08. The zero-order valence-electron chi connectivity index (χ0n) is 11.1. The van der Waals surface area contributed by atoms with Crippen molar-refractivity contribution in [1.82, 2.24) is 10.3 Å². The molecule has 0 saturated carbocycles. The van der Waals surface area contributed by atoms with E-state index < -0.39 is 11.6 Å². The molecule has 21 heavy (non-hydrogen) atoms. The molecule has 1 aromatic carbocycles. The summed E-state index contributed by atoms with van der Waals surface area (Å²) in [6.07, 6.45) is 1.52. The fraction of sp³-hybridized carbons (Fsp3) is 0.143. The molecule has 0 aliphatic heterocycles. The van der Waals surface area contributed by atoms with Gasteiger partial charge in [0.2, 0.25) is 0 Å². The van der Waals surface area contributed by atoms with Crippen molar-refractivity contribution >= 4 is 5.84 Å². The summed E-state index contributed by atoms with van der Waals surface area (Å²) in [5.41, 5.74) is 6.77. The third-order valence-corrected chi connectivity index (χ3v) is 2.88. The predicted octanol–water partition coefficient (Wildman–Crippen LogP) is 1.74. The number of hydrogen-bond acceptors (Lipinski definition) is 4. The van der Waals surface area contributed by atoms with Gasteiger partial charge >= 0.3 is 0 Å². The normalized spacial score (nSPS) is 11.6. The maximum atomic E-state index is 13.5. The molecule has 0 atom stereocenters. The minimum atomic E-state index is -0.494. The van der Waals surface area contributed by atoms with Crippen molar-refractivity contribution in [3.63, 3.8) is 0 Å². The van der Waals surface area contributed by atoms with Crippen molar-refractivity contribution in [2.24, 2.45) is 10.9 Å². The Morgan fingerprint density at radius 2 is 2.00 bits per heavy atom. The van der Waals surface area contributed by atoms with Gasteiger partial charge in [-0.05, 0) is 29.8 Å². The number of aromatic nitrogens is 1. The quantitative estimate of drug-likeness (QED) is 0.339. The Labute approximate surface area is 120 Å². The first-order valence-electron chi connectivity index (χ1n) is 6.18. The fourth-order valence-electron chi connectivity index (χ4n) is 1.87. The molecule has 0 radical (unpaired) electrons. The second kappa shape index (κ2) is 6.76. The second-order valence-corrected chi connectivity index (χ2v) is 4.34. The molecule has 0 saturated heterocycles. The van der Waals surface area contributed by atoms with Gasteiger partial charge in [-0.15, -0.1) is 0 Å². The van der Waals surface area contributed by atoms with Crippen molar-refractivity contribution in [3.05, 3.63) is 65.0 Å². The van der Waals surface area contributed by atoms with Crippen LogP contribution in [0.4, 0.5) is 8.78 Å². The van der Waals surface area contributed by atoms with Gasteiger partial charge in [0.25, 0.3) is 0 Å². The molecular weight excluding hydrogens is 278 g/mol. The summed E-state index contributed by atoms with van der Waals surface area (Å²) < 4.78 is 26.5. The standard InChI is InChI=1S/C14H14F2N4O/c15-11-3-4-12(16)10(6-11)8-18-7-9-2-1-5-19-13(9)14(17)20-21/h1-6,18,21H,7-8H2,(H2,17,20). The number of hydrogen-bond donors (Lipinski definition) is 3. The number of nitrogens with zero attached hydrogens (tertiary/aromatic N) is 2. The highest BCUT2D eigenvalue weighted by Crippen LogP contribution is 2.10. The SMILES string of the molecule is NC(=NO)c1ncccc1CNCc1cc(F)ccc1F. The van der Waals surface area contributed by atoms with E-state index in [-0.39, 0.29) is 17.9 Å². The highest BCUT2D eigenvalue weighted by molar-refractivity contribution is 5.96. The van der Waals surface area contributed by atoms with Crippen LogP contribution in [-0.2, 0) is 13.1 Å². The molecule has 0 spiro atoms. The van der Waals surface area contributed by atoms with Gasteiger partial charge in [-0.1, -0.05) is 11.2 Å². The topological polar surface area (TPSA) is 83.5 Å². The monoisotopic (exact) mass is 292 g/mol. The van der Waals surface area contributed by atoms with Crippen LogP contribution in [0.2, 0.25) is 0 Å². The van der Waals surface area contributed by atoms with Gasteiger partial charge in [-0.2, -0.15) is 0 Å². The first-order chi connectivity index (χ1) is 10.1. The van der Waals surface area contributed by atoms with E-state index >= 15 is 0 Å². The fourth-order valence-corrected chi connectivity index (χ4v) is 1.87. The van der Waals surface area contributed by atoms with Crippen LogP contribution < -0.4 is 11.1 Å². The zero-order valence-corrected chi connectivity index (χ0v) is 11.1. The van der Waals surface area contributed by atoms with E-state index in [0.717, 1.165) is 18.2 Å². The van der Waals surface area contributed by atoms with E-state index in [0.29, 0.717) is 17.8 Å². The van der Waals surface area contributed by atoms with Crippen molar-refractivity contribution in [2.45, 2.75) is 13.1 Å². The number of oxime groups is 1. The van der Waals surface area contributed by atoms with Gasteiger partial charge in [0.05, 0.1) is 0 Å². The molecule has 0 bridgehead atoms. The molecule has 5 nitrogen and oxygen atoms in total. The smallest absolute Gasteiger partial charge is 0.189 e. The molecule has 0 unspecified atom stereocenters. The summed E-state index contributed by atoms with van der Waals surface area (Å²) in [5, 5.41) is 14.6. The molecule has 0 aliphatic rings. The lowest BCUT2D eigenvalue weighted by molar-refractivity contribution is 0.318. The minimum absolute atomic E-state index is 0.107. The molecular formula is C14H14F2N4O. The number of benzene rings is 1. The van der Waals surface area contributed by atoms with Crippen LogP contribution in [-0.4, -0.2) is 16.0 Å². The van der Waals surface area contributed by atoms with Crippen LogP contribution in [0.1, 0.15) is 16.8 Å². The third-order valence-electron chi connectivity index (χ3n) is 2.88. The average molecular weight is 292 g/mol. The van der Waals surface area contributed by atoms with Crippen LogP contribution in [0.15, 0.2) is 41.7 Å². The van der Waals surface area contributed by atoms with Crippen molar-refractivity contribution < 1.29 is 14.0 Å². The molecule has 1 heterocycles. The third kappa shape index (κ3) is 3.73. The van der Waals surface area contributed by atoms with Crippen LogP contribution in [0, 0.1) is 11.6 Å².